The van der Waals surface area contributed by atoms with Gasteiger partial charge in [0.1, 0.15) is 0 Å². The lowest BCUT2D eigenvalue weighted by Crippen LogP contribution is -2.49. The molecule has 0 N–H and O–H groups in total. The number of cyclic esters (lactones) is 2. The van der Waals surface area contributed by atoms with Crippen LogP contribution in [0, 0.1) is 5.92 Å². The van der Waals surface area contributed by atoms with Crippen molar-refractivity contribution in [3.63, 3.8) is 0 Å². The third kappa shape index (κ3) is 3.10. The van der Waals surface area contributed by atoms with Gasteiger partial charge in [-0.05, 0) is 18.4 Å². The van der Waals surface area contributed by atoms with E-state index < -0.39 is 29.4 Å². The van der Waals surface area contributed by atoms with Crippen LogP contribution in [0.4, 0.5) is 0 Å². The molecule has 1 aliphatic heterocycles. The standard InChI is InChI=1S/C14H16O5/c1-14(2)18-12(16)11(13(17)19-14)10(15)8-9-6-4-3-5-7-9/h4,6-7,11H,3,5,8H2,1-2H3. The highest BCUT2D eigenvalue weighted by atomic mass is 16.7. The minimum absolute atomic E-state index is 0.0474. The Morgan fingerprint density at radius 1 is 1.26 bits per heavy atom. The largest absolute Gasteiger partial charge is 0.422 e. The summed E-state index contributed by atoms with van der Waals surface area (Å²) in [5.74, 6) is -4.89. The molecule has 0 saturated carbocycles. The number of hydrogen-bond donors (Lipinski definition) is 0. The average Bonchev–Trinajstić information content (AvgIpc) is 2.27. The van der Waals surface area contributed by atoms with Crippen LogP contribution in [-0.2, 0) is 23.9 Å². The lowest BCUT2D eigenvalue weighted by atomic mass is 9.94. The number of carbonyl (C=O) groups excluding carboxylic acids is 3. The number of allylic oxidation sites excluding steroid dienone is 4. The predicted molar refractivity (Wildman–Crippen MR) is 65.8 cm³/mol. The van der Waals surface area contributed by atoms with E-state index in [0.29, 0.717) is 0 Å². The fraction of sp³-hybridized carbons (Fsp3) is 0.500. The van der Waals surface area contributed by atoms with Gasteiger partial charge in [-0.1, -0.05) is 18.2 Å². The van der Waals surface area contributed by atoms with Crippen molar-refractivity contribution in [3.8, 4) is 0 Å². The van der Waals surface area contributed by atoms with E-state index >= 15 is 0 Å². The van der Waals surface area contributed by atoms with Gasteiger partial charge >= 0.3 is 11.9 Å². The van der Waals surface area contributed by atoms with E-state index in [2.05, 4.69) is 0 Å². The molecule has 0 aromatic heterocycles. The molecule has 0 atom stereocenters. The predicted octanol–water partition coefficient (Wildman–Crippen LogP) is 1.67. The van der Waals surface area contributed by atoms with E-state index in [1.165, 1.54) is 13.8 Å². The molecule has 0 bridgehead atoms. The van der Waals surface area contributed by atoms with Gasteiger partial charge in [0, 0.05) is 20.3 Å². The van der Waals surface area contributed by atoms with Crippen molar-refractivity contribution in [1.82, 2.24) is 0 Å². The Morgan fingerprint density at radius 2 is 1.89 bits per heavy atom. The number of hydrogen-bond acceptors (Lipinski definition) is 5. The van der Waals surface area contributed by atoms with Gasteiger partial charge in [-0.25, -0.2) is 0 Å². The minimum Gasteiger partial charge on any atom is -0.422 e. The van der Waals surface area contributed by atoms with Crippen LogP contribution in [0.2, 0.25) is 0 Å². The summed E-state index contributed by atoms with van der Waals surface area (Å²) >= 11 is 0. The normalized spacial score (nSPS) is 22.5. The van der Waals surface area contributed by atoms with Gasteiger partial charge in [0.15, 0.2) is 5.78 Å². The van der Waals surface area contributed by atoms with E-state index in [1.807, 2.05) is 18.2 Å². The first-order valence-electron chi connectivity index (χ1n) is 6.23. The van der Waals surface area contributed by atoms with Crippen molar-refractivity contribution in [3.05, 3.63) is 23.8 Å². The monoisotopic (exact) mass is 264 g/mol. The Hall–Kier alpha value is -1.91. The lowest BCUT2D eigenvalue weighted by molar-refractivity contribution is -0.238. The summed E-state index contributed by atoms with van der Waals surface area (Å²) in [4.78, 5) is 35.5. The maximum atomic E-state index is 12.0. The second-order valence-corrected chi connectivity index (χ2v) is 5.08. The summed E-state index contributed by atoms with van der Waals surface area (Å²) < 4.78 is 9.85. The molecule has 0 radical (unpaired) electrons. The van der Waals surface area contributed by atoms with Gasteiger partial charge in [-0.15, -0.1) is 0 Å². The summed E-state index contributed by atoms with van der Waals surface area (Å²) in [6, 6.07) is 0. The smallest absolute Gasteiger partial charge is 0.331 e. The third-order valence-electron chi connectivity index (χ3n) is 2.94. The van der Waals surface area contributed by atoms with E-state index in [4.69, 9.17) is 9.47 Å². The maximum Gasteiger partial charge on any atom is 0.331 e. The van der Waals surface area contributed by atoms with Crippen LogP contribution in [0.15, 0.2) is 23.8 Å². The summed E-state index contributed by atoms with van der Waals surface area (Å²) in [5, 5.41) is 0. The fourth-order valence-electron chi connectivity index (χ4n) is 2.08. The first-order valence-corrected chi connectivity index (χ1v) is 6.23. The molecule has 5 heteroatoms. The van der Waals surface area contributed by atoms with Crippen molar-refractivity contribution < 1.29 is 23.9 Å². The molecule has 1 saturated heterocycles. The van der Waals surface area contributed by atoms with Crippen LogP contribution in [-0.4, -0.2) is 23.5 Å². The Balaban J connectivity index is 2.07. The average molecular weight is 264 g/mol. The number of esters is 2. The zero-order valence-electron chi connectivity index (χ0n) is 11.0. The summed E-state index contributed by atoms with van der Waals surface area (Å²) in [6.45, 7) is 2.91. The SMILES string of the molecule is CC1(C)OC(=O)C(C(=O)CC2=CCCC=C2)C(=O)O1. The molecule has 1 heterocycles. The maximum absolute atomic E-state index is 12.0. The fourth-order valence-corrected chi connectivity index (χ4v) is 2.08. The van der Waals surface area contributed by atoms with Crippen molar-refractivity contribution in [2.45, 2.75) is 38.9 Å². The van der Waals surface area contributed by atoms with Gasteiger partial charge in [0.05, 0.1) is 0 Å². The molecular formula is C14H16O5. The Labute approximate surface area is 111 Å². The number of rotatable bonds is 3. The molecule has 2 rings (SSSR count). The second kappa shape index (κ2) is 4.99. The summed E-state index contributed by atoms with van der Waals surface area (Å²) in [7, 11) is 0. The molecule has 19 heavy (non-hydrogen) atoms. The Morgan fingerprint density at radius 3 is 2.42 bits per heavy atom. The first kappa shape index (κ1) is 13.5. The molecule has 5 nitrogen and oxygen atoms in total. The molecule has 1 fully saturated rings. The number of Topliss-reactive ketones (excluding diaryl/α,β-unsaturated/α-hetero) is 1. The number of ketones is 1. The van der Waals surface area contributed by atoms with E-state index in [9.17, 15) is 14.4 Å². The lowest BCUT2D eigenvalue weighted by Gasteiger charge is -2.32. The van der Waals surface area contributed by atoms with E-state index in [1.54, 1.807) is 0 Å². The van der Waals surface area contributed by atoms with E-state index in [-0.39, 0.29) is 6.42 Å². The molecule has 0 aromatic carbocycles. The Kier molecular flexibility index (Phi) is 3.55. The molecule has 1 aliphatic carbocycles. The van der Waals surface area contributed by atoms with Crippen molar-refractivity contribution in [1.29, 1.82) is 0 Å². The molecule has 0 amide bonds. The number of ether oxygens (including phenoxy) is 2. The topological polar surface area (TPSA) is 69.7 Å². The highest BCUT2D eigenvalue weighted by molar-refractivity contribution is 6.16. The van der Waals surface area contributed by atoms with Gasteiger partial charge in [0.2, 0.25) is 5.92 Å². The highest BCUT2D eigenvalue weighted by Crippen LogP contribution is 2.25. The van der Waals surface area contributed by atoms with Gasteiger partial charge < -0.3 is 9.47 Å². The second-order valence-electron chi connectivity index (χ2n) is 5.08. The zero-order valence-corrected chi connectivity index (χ0v) is 11.0. The molecule has 2 aliphatic rings. The van der Waals surface area contributed by atoms with Gasteiger partial charge in [-0.2, -0.15) is 0 Å². The van der Waals surface area contributed by atoms with Crippen LogP contribution in [0.25, 0.3) is 0 Å². The van der Waals surface area contributed by atoms with Crippen LogP contribution >= 0.6 is 0 Å². The van der Waals surface area contributed by atoms with Crippen molar-refractivity contribution in [2.24, 2.45) is 5.92 Å². The van der Waals surface area contributed by atoms with Gasteiger partial charge in [-0.3, -0.25) is 14.4 Å². The van der Waals surface area contributed by atoms with Crippen LogP contribution in [0.3, 0.4) is 0 Å². The van der Waals surface area contributed by atoms with Crippen molar-refractivity contribution in [2.75, 3.05) is 0 Å². The summed E-state index contributed by atoms with van der Waals surface area (Å²) in [5.41, 5.74) is 0.821. The first-order chi connectivity index (χ1) is 8.89. The minimum atomic E-state index is -1.45. The molecule has 102 valence electrons. The summed E-state index contributed by atoms with van der Waals surface area (Å²) in [6.07, 6.45) is 7.59. The van der Waals surface area contributed by atoms with Gasteiger partial charge in [0.25, 0.3) is 5.79 Å². The Bertz CT molecular complexity index is 464. The molecule has 0 unspecified atom stereocenters. The highest BCUT2D eigenvalue weighted by Gasteiger charge is 2.46. The van der Waals surface area contributed by atoms with Crippen molar-refractivity contribution >= 4 is 17.7 Å². The molecule has 0 spiro atoms. The third-order valence-corrected chi connectivity index (χ3v) is 2.94. The van der Waals surface area contributed by atoms with Crippen LogP contribution in [0.1, 0.15) is 33.1 Å². The molecular weight excluding hydrogens is 248 g/mol. The molecule has 0 aromatic rings. The van der Waals surface area contributed by atoms with E-state index in [0.717, 1.165) is 18.4 Å². The van der Waals surface area contributed by atoms with Crippen LogP contribution in [0.5, 0.6) is 0 Å². The zero-order chi connectivity index (χ0) is 14.0. The number of carbonyl (C=O) groups is 3. The van der Waals surface area contributed by atoms with Crippen LogP contribution < -0.4 is 0 Å². The quantitative estimate of drug-likeness (QED) is 0.573.